The number of nitrogens with zero attached hydrogens (tertiary/aromatic N) is 2. The Morgan fingerprint density at radius 2 is 2.00 bits per heavy atom. The summed E-state index contributed by atoms with van der Waals surface area (Å²) in [6.07, 6.45) is 0. The molecule has 0 aromatic carbocycles. The number of likely N-dealkylation sites (N-methyl/N-ethyl adjacent to an activating group) is 1. The van der Waals surface area contributed by atoms with Crippen LogP contribution in [-0.4, -0.2) is 54.9 Å². The van der Waals surface area contributed by atoms with E-state index >= 15 is 0 Å². The zero-order chi connectivity index (χ0) is 15.3. The Balaban J connectivity index is 2.83. The molecule has 0 aliphatic carbocycles. The molecule has 1 amide bonds. The van der Waals surface area contributed by atoms with Gasteiger partial charge in [-0.1, -0.05) is 0 Å². The second-order valence-corrected chi connectivity index (χ2v) is 6.50. The van der Waals surface area contributed by atoms with E-state index in [4.69, 9.17) is 5.11 Å². The van der Waals surface area contributed by atoms with Gasteiger partial charge in [0.1, 0.15) is 0 Å². The van der Waals surface area contributed by atoms with Gasteiger partial charge in [-0.25, -0.2) is 22.9 Å². The lowest BCUT2D eigenvalue weighted by atomic mass is 10.4. The fraction of sp³-hybridized carbons (Fsp3) is 0.500. The largest absolute Gasteiger partial charge is 0.476 e. The van der Waals surface area contributed by atoms with Crippen molar-refractivity contribution >= 4 is 33.2 Å². The van der Waals surface area contributed by atoms with Gasteiger partial charge in [0.2, 0.25) is 5.91 Å². The number of aromatic nitrogens is 1. The molecule has 0 saturated heterocycles. The minimum Gasteiger partial charge on any atom is -0.476 e. The van der Waals surface area contributed by atoms with Crippen molar-refractivity contribution < 1.29 is 23.1 Å². The third-order valence-corrected chi connectivity index (χ3v) is 5.28. The van der Waals surface area contributed by atoms with E-state index in [-0.39, 0.29) is 5.91 Å². The lowest BCUT2D eigenvalue weighted by Crippen LogP contribution is -2.40. The zero-order valence-electron chi connectivity index (χ0n) is 11.0. The highest BCUT2D eigenvalue weighted by atomic mass is 32.2. The molecule has 0 radical (unpaired) electrons. The molecule has 8 nitrogen and oxygen atoms in total. The van der Waals surface area contributed by atoms with Gasteiger partial charge in [-0.15, -0.1) is 11.3 Å². The van der Waals surface area contributed by atoms with Gasteiger partial charge in [0.05, 0.1) is 12.1 Å². The summed E-state index contributed by atoms with van der Waals surface area (Å²) < 4.78 is 25.6. The predicted octanol–water partition coefficient (Wildman–Crippen LogP) is -0.0120. The van der Waals surface area contributed by atoms with Crippen LogP contribution in [0.4, 0.5) is 0 Å². The number of carbonyl (C=O) groups excluding carboxylic acids is 1. The van der Waals surface area contributed by atoms with Crippen molar-refractivity contribution in [2.75, 3.05) is 19.6 Å². The van der Waals surface area contributed by atoms with Gasteiger partial charge in [-0.3, -0.25) is 4.79 Å². The Morgan fingerprint density at radius 3 is 2.50 bits per heavy atom. The minimum atomic E-state index is -4.06. The van der Waals surface area contributed by atoms with E-state index in [9.17, 15) is 18.0 Å². The summed E-state index contributed by atoms with van der Waals surface area (Å²) in [5.41, 5.74) is 0.585. The highest BCUT2D eigenvalue weighted by Gasteiger charge is 2.26. The molecule has 112 valence electrons. The number of carboxylic acids is 1. The molecule has 0 aliphatic rings. The highest BCUT2D eigenvalue weighted by molar-refractivity contribution is 7.91. The number of hydrogen-bond acceptors (Lipinski definition) is 6. The molecule has 0 bridgehead atoms. The van der Waals surface area contributed by atoms with E-state index in [2.05, 4.69) is 9.71 Å². The number of carboxylic acid groups (broad SMARTS) is 1. The number of nitrogens with one attached hydrogen (secondary N) is 1. The Labute approximate surface area is 120 Å². The van der Waals surface area contributed by atoms with Crippen LogP contribution in [0, 0.1) is 0 Å². The van der Waals surface area contributed by atoms with Gasteiger partial charge in [0.15, 0.2) is 9.90 Å². The van der Waals surface area contributed by atoms with Crippen LogP contribution >= 0.6 is 11.3 Å². The molecule has 1 aromatic heterocycles. The van der Waals surface area contributed by atoms with Crippen molar-refractivity contribution in [3.8, 4) is 0 Å². The Kier molecular flexibility index (Phi) is 5.60. The first-order valence-corrected chi connectivity index (χ1v) is 8.14. The van der Waals surface area contributed by atoms with E-state index < -0.39 is 32.4 Å². The third-order valence-electron chi connectivity index (χ3n) is 2.51. The quantitative estimate of drug-likeness (QED) is 0.729. The second-order valence-electron chi connectivity index (χ2n) is 3.68. The zero-order valence-corrected chi connectivity index (χ0v) is 12.6. The maximum absolute atomic E-state index is 11.9. The Bertz CT molecular complexity index is 592. The van der Waals surface area contributed by atoms with Crippen molar-refractivity contribution in [3.63, 3.8) is 0 Å². The third kappa shape index (κ3) is 3.74. The fourth-order valence-electron chi connectivity index (χ4n) is 1.48. The van der Waals surface area contributed by atoms with Crippen molar-refractivity contribution in [2.24, 2.45) is 0 Å². The van der Waals surface area contributed by atoms with Crippen LogP contribution in [-0.2, 0) is 14.8 Å². The molecule has 0 saturated carbocycles. The van der Waals surface area contributed by atoms with Crippen molar-refractivity contribution in [1.29, 1.82) is 0 Å². The summed E-state index contributed by atoms with van der Waals surface area (Å²) in [5.74, 6) is -1.80. The fourth-order valence-corrected chi connectivity index (χ4v) is 3.64. The van der Waals surface area contributed by atoms with Crippen LogP contribution < -0.4 is 4.72 Å². The summed E-state index contributed by atoms with van der Waals surface area (Å²) in [4.78, 5) is 27.5. The minimum absolute atomic E-state index is 0.375. The molecule has 0 spiro atoms. The molecule has 0 atom stereocenters. The van der Waals surface area contributed by atoms with Crippen molar-refractivity contribution in [1.82, 2.24) is 14.6 Å². The van der Waals surface area contributed by atoms with Crippen LogP contribution in [0.25, 0.3) is 0 Å². The summed E-state index contributed by atoms with van der Waals surface area (Å²) in [7, 11) is -4.06. The highest BCUT2D eigenvalue weighted by Crippen LogP contribution is 2.19. The lowest BCUT2D eigenvalue weighted by Gasteiger charge is -2.18. The van der Waals surface area contributed by atoms with E-state index in [1.165, 1.54) is 4.90 Å². The smallest absolute Gasteiger partial charge is 0.356 e. The first kappa shape index (κ1) is 16.5. The van der Waals surface area contributed by atoms with Gasteiger partial charge in [-0.2, -0.15) is 0 Å². The number of rotatable bonds is 7. The molecule has 2 N–H and O–H groups in total. The number of aromatic carboxylic acids is 1. The predicted molar refractivity (Wildman–Crippen MR) is 72.2 cm³/mol. The molecule has 1 aromatic rings. The van der Waals surface area contributed by atoms with Crippen LogP contribution in [0.2, 0.25) is 0 Å². The summed E-state index contributed by atoms with van der Waals surface area (Å²) in [5, 5.41) is 8.84. The number of carbonyl (C=O) groups is 2. The normalized spacial score (nSPS) is 11.3. The summed E-state index contributed by atoms with van der Waals surface area (Å²) >= 11 is 0.689. The molecule has 1 rings (SSSR count). The maximum Gasteiger partial charge on any atom is 0.356 e. The second kappa shape index (κ2) is 6.77. The van der Waals surface area contributed by atoms with Gasteiger partial charge in [0.25, 0.3) is 10.0 Å². The molecular weight excluding hydrogens is 306 g/mol. The summed E-state index contributed by atoms with van der Waals surface area (Å²) in [6, 6.07) is 0. The number of amides is 1. The molecule has 1 heterocycles. The van der Waals surface area contributed by atoms with Gasteiger partial charge in [0, 0.05) is 13.1 Å². The number of thiazole rings is 1. The van der Waals surface area contributed by atoms with Gasteiger partial charge >= 0.3 is 5.97 Å². The standard InChI is InChI=1S/C10H15N3O5S2/c1-3-13(4-2)7(14)5-12-20(17,18)10-8(9(15)16)11-6-19-10/h6,12H,3-5H2,1-2H3,(H,15,16). The topological polar surface area (TPSA) is 117 Å². The number of sulfonamides is 1. The molecular formula is C10H15N3O5S2. The molecule has 10 heteroatoms. The maximum atomic E-state index is 11.9. The first-order valence-electron chi connectivity index (χ1n) is 5.77. The van der Waals surface area contributed by atoms with E-state index in [0.29, 0.717) is 24.4 Å². The average molecular weight is 321 g/mol. The molecule has 0 unspecified atom stereocenters. The van der Waals surface area contributed by atoms with E-state index in [1.54, 1.807) is 13.8 Å². The number of hydrogen-bond donors (Lipinski definition) is 2. The van der Waals surface area contributed by atoms with Crippen molar-refractivity contribution in [3.05, 3.63) is 11.2 Å². The summed E-state index contributed by atoms with van der Waals surface area (Å²) in [6.45, 7) is 4.08. The van der Waals surface area contributed by atoms with Crippen LogP contribution in [0.3, 0.4) is 0 Å². The van der Waals surface area contributed by atoms with Gasteiger partial charge in [-0.05, 0) is 13.8 Å². The lowest BCUT2D eigenvalue weighted by molar-refractivity contribution is -0.129. The monoisotopic (exact) mass is 321 g/mol. The molecule has 0 aliphatic heterocycles. The van der Waals surface area contributed by atoms with E-state index in [0.717, 1.165) is 5.51 Å². The molecule has 20 heavy (non-hydrogen) atoms. The molecule has 0 fully saturated rings. The van der Waals surface area contributed by atoms with Crippen LogP contribution in [0.1, 0.15) is 24.3 Å². The SMILES string of the molecule is CCN(CC)C(=O)CNS(=O)(=O)c1scnc1C(=O)O. The average Bonchev–Trinajstić information content (AvgIpc) is 2.88. The Hall–Kier alpha value is -1.52. The van der Waals surface area contributed by atoms with Crippen molar-refractivity contribution in [2.45, 2.75) is 18.1 Å². The first-order chi connectivity index (χ1) is 9.33. The van der Waals surface area contributed by atoms with Crippen LogP contribution in [0.5, 0.6) is 0 Å². The van der Waals surface area contributed by atoms with E-state index in [1.807, 2.05) is 0 Å². The Morgan fingerprint density at radius 1 is 1.40 bits per heavy atom. The van der Waals surface area contributed by atoms with Gasteiger partial charge < -0.3 is 10.0 Å². The van der Waals surface area contributed by atoms with Crippen LogP contribution in [0.15, 0.2) is 9.72 Å².